The molecule has 0 saturated heterocycles. The maximum atomic E-state index is 12.9. The largest absolute Gasteiger partial charge is 0.342 e. The van der Waals surface area contributed by atoms with Gasteiger partial charge >= 0.3 is 0 Å². The van der Waals surface area contributed by atoms with Crippen LogP contribution >= 0.6 is 0 Å². The first-order valence-corrected chi connectivity index (χ1v) is 15.9. The summed E-state index contributed by atoms with van der Waals surface area (Å²) in [6, 6.07) is 0. The van der Waals surface area contributed by atoms with Crippen LogP contribution in [0, 0.1) is 5.92 Å². The van der Waals surface area contributed by atoms with Gasteiger partial charge in [-0.1, -0.05) is 13.8 Å². The van der Waals surface area contributed by atoms with E-state index < -0.39 is 20.2 Å². The van der Waals surface area contributed by atoms with Crippen molar-refractivity contribution in [3.8, 4) is 0 Å². The minimum Gasteiger partial charge on any atom is -0.342 e. The number of amides is 1. The van der Waals surface area contributed by atoms with Gasteiger partial charge in [0.05, 0.1) is 65.9 Å². The van der Waals surface area contributed by atoms with Gasteiger partial charge in [-0.2, -0.15) is 16.8 Å². The van der Waals surface area contributed by atoms with Crippen LogP contribution in [0.3, 0.4) is 0 Å². The topological polar surface area (TPSA) is 129 Å². The zero-order valence-corrected chi connectivity index (χ0v) is 24.4. The van der Waals surface area contributed by atoms with Crippen molar-refractivity contribution >= 4 is 26.1 Å². The van der Waals surface area contributed by atoms with Crippen molar-refractivity contribution in [1.82, 2.24) is 4.90 Å². The molecule has 0 bridgehead atoms. The number of quaternary nitrogens is 2. The molecule has 1 unspecified atom stereocenters. The fraction of sp³-hybridized carbons (Fsp3) is 0.957. The van der Waals surface area contributed by atoms with Crippen molar-refractivity contribution in [2.24, 2.45) is 5.92 Å². The molecule has 210 valence electrons. The van der Waals surface area contributed by atoms with Gasteiger partial charge in [0.2, 0.25) is 5.91 Å². The molecule has 0 aliphatic rings. The first-order chi connectivity index (χ1) is 15.9. The van der Waals surface area contributed by atoms with Crippen LogP contribution in [0.25, 0.3) is 0 Å². The smallest absolute Gasteiger partial charge is 0.264 e. The summed E-state index contributed by atoms with van der Waals surface area (Å²) in [5, 5.41) is 0. The summed E-state index contributed by atoms with van der Waals surface area (Å²) in [6.45, 7) is 8.67. The molecule has 0 spiro atoms. The quantitative estimate of drug-likeness (QED) is 0.136. The van der Waals surface area contributed by atoms with E-state index in [2.05, 4.69) is 28.2 Å². The number of nitrogens with zero attached hydrogens (tertiary/aromatic N) is 3. The van der Waals surface area contributed by atoms with Crippen molar-refractivity contribution < 1.29 is 39.7 Å². The molecule has 0 aliphatic heterocycles. The van der Waals surface area contributed by atoms with Gasteiger partial charge < -0.3 is 13.9 Å². The highest BCUT2D eigenvalue weighted by Crippen LogP contribution is 2.12. The third kappa shape index (κ3) is 19.0. The average Bonchev–Trinajstić information content (AvgIpc) is 2.70. The van der Waals surface area contributed by atoms with Gasteiger partial charge in [-0.05, 0) is 32.1 Å². The second-order valence-electron chi connectivity index (χ2n) is 11.1. The second-order valence-corrected chi connectivity index (χ2v) is 14.2. The van der Waals surface area contributed by atoms with Crippen molar-refractivity contribution in [2.75, 3.05) is 79.0 Å². The van der Waals surface area contributed by atoms with Crippen LogP contribution in [0.5, 0.6) is 0 Å². The number of hydrogen-bond donors (Lipinski definition) is 2. The molecule has 1 atom stereocenters. The molecule has 35 heavy (non-hydrogen) atoms. The first kappa shape index (κ1) is 34.2. The first-order valence-electron chi connectivity index (χ1n) is 12.7. The van der Waals surface area contributed by atoms with E-state index in [0.29, 0.717) is 38.8 Å². The van der Waals surface area contributed by atoms with Crippen LogP contribution in [0.2, 0.25) is 0 Å². The van der Waals surface area contributed by atoms with Crippen molar-refractivity contribution in [2.45, 2.75) is 58.8 Å². The molecule has 10 nitrogen and oxygen atoms in total. The molecule has 0 fully saturated rings. The number of carbonyl (C=O) groups is 1. The van der Waals surface area contributed by atoms with Crippen LogP contribution in [-0.4, -0.2) is 125 Å². The van der Waals surface area contributed by atoms with E-state index in [0.717, 1.165) is 54.4 Å². The van der Waals surface area contributed by atoms with Crippen molar-refractivity contribution in [3.63, 3.8) is 0 Å². The Hall–Kier alpha value is -0.790. The Morgan fingerprint density at radius 2 is 1.06 bits per heavy atom. The Balaban J connectivity index is 4.66. The fourth-order valence-electron chi connectivity index (χ4n) is 4.07. The molecule has 0 saturated carbocycles. The van der Waals surface area contributed by atoms with E-state index in [1.54, 1.807) is 0 Å². The molecule has 2 N–H and O–H groups in total. The molecule has 0 radical (unpaired) electrons. The number of hydrogen-bond acceptors (Lipinski definition) is 5. The maximum Gasteiger partial charge on any atom is 0.264 e. The van der Waals surface area contributed by atoms with Gasteiger partial charge in [-0.25, -0.2) is 0 Å². The summed E-state index contributed by atoms with van der Waals surface area (Å²) in [6.07, 6.45) is 4.77. The molecule has 0 aromatic carbocycles. The predicted octanol–water partition coefficient (Wildman–Crippen LogP) is 2.13. The van der Waals surface area contributed by atoms with Gasteiger partial charge in [-0.15, -0.1) is 0 Å². The third-order valence-electron chi connectivity index (χ3n) is 6.56. The lowest BCUT2D eigenvalue weighted by molar-refractivity contribution is -0.891. The molecule has 12 heteroatoms. The second kappa shape index (κ2) is 15.5. The summed E-state index contributed by atoms with van der Waals surface area (Å²) in [5.74, 6) is -0.274. The van der Waals surface area contributed by atoms with Crippen LogP contribution in [0.4, 0.5) is 0 Å². The fourth-order valence-corrected chi connectivity index (χ4v) is 5.21. The molecule has 1 amide bonds. The summed E-state index contributed by atoms with van der Waals surface area (Å²) in [5.41, 5.74) is 0. The lowest BCUT2D eigenvalue weighted by Crippen LogP contribution is -2.45. The van der Waals surface area contributed by atoms with Crippen molar-refractivity contribution in [1.29, 1.82) is 0 Å². The monoisotopic (exact) mass is 545 g/mol. The molecule has 0 heterocycles. The van der Waals surface area contributed by atoms with Gasteiger partial charge in [-0.3, -0.25) is 13.9 Å². The maximum absolute atomic E-state index is 12.9. The Morgan fingerprint density at radius 1 is 0.714 bits per heavy atom. The average molecular weight is 546 g/mol. The number of carbonyl (C=O) groups excluding carboxylic acids is 1. The van der Waals surface area contributed by atoms with Crippen LogP contribution in [0.1, 0.15) is 58.8 Å². The Morgan fingerprint density at radius 3 is 1.37 bits per heavy atom. The zero-order chi connectivity index (χ0) is 27.3. The summed E-state index contributed by atoms with van der Waals surface area (Å²) in [7, 11) is 0.556. The highest BCUT2D eigenvalue weighted by atomic mass is 32.2. The summed E-state index contributed by atoms with van der Waals surface area (Å²) >= 11 is 0. The SMILES string of the molecule is CCC(C)C(=O)N(CCC[N+](C)(C)CCCCS(=O)(=O)O)CCC[N+](C)(C)CCCCS(=O)(=O)O. The summed E-state index contributed by atoms with van der Waals surface area (Å²) in [4.78, 5) is 14.9. The van der Waals surface area contributed by atoms with Crippen LogP contribution in [-0.2, 0) is 25.0 Å². The minimum atomic E-state index is -3.91. The van der Waals surface area contributed by atoms with E-state index in [1.807, 2.05) is 18.7 Å². The normalized spacial score (nSPS) is 14.2. The van der Waals surface area contributed by atoms with E-state index >= 15 is 0 Å². The molecule has 0 aliphatic carbocycles. The van der Waals surface area contributed by atoms with Crippen molar-refractivity contribution in [3.05, 3.63) is 0 Å². The Bertz CT molecular complexity index is 770. The minimum absolute atomic E-state index is 0.0270. The molecular formula is C23H51N3O7S2+2. The third-order valence-corrected chi connectivity index (χ3v) is 8.17. The molecule has 0 aromatic heterocycles. The molecular weight excluding hydrogens is 494 g/mol. The lowest BCUT2D eigenvalue weighted by atomic mass is 10.1. The summed E-state index contributed by atoms with van der Waals surface area (Å²) < 4.78 is 62.7. The molecule has 0 rings (SSSR count). The lowest BCUT2D eigenvalue weighted by Gasteiger charge is -2.33. The van der Waals surface area contributed by atoms with E-state index in [9.17, 15) is 21.6 Å². The highest BCUT2D eigenvalue weighted by Gasteiger charge is 2.23. The highest BCUT2D eigenvalue weighted by molar-refractivity contribution is 7.86. The number of unbranched alkanes of at least 4 members (excludes halogenated alkanes) is 2. The Labute approximate surface area is 214 Å². The van der Waals surface area contributed by atoms with Crippen LogP contribution < -0.4 is 0 Å². The Kier molecular flexibility index (Phi) is 15.1. The van der Waals surface area contributed by atoms with Gasteiger partial charge in [0, 0.05) is 31.8 Å². The van der Waals surface area contributed by atoms with Crippen LogP contribution in [0.15, 0.2) is 0 Å². The predicted molar refractivity (Wildman–Crippen MR) is 140 cm³/mol. The van der Waals surface area contributed by atoms with E-state index in [4.69, 9.17) is 9.11 Å². The number of rotatable bonds is 20. The van der Waals surface area contributed by atoms with E-state index in [-0.39, 0.29) is 23.3 Å². The zero-order valence-electron chi connectivity index (χ0n) is 22.8. The van der Waals surface area contributed by atoms with E-state index in [1.165, 1.54) is 0 Å². The van der Waals surface area contributed by atoms with Gasteiger partial charge in [0.25, 0.3) is 20.2 Å². The van der Waals surface area contributed by atoms with Gasteiger partial charge in [0.15, 0.2) is 0 Å². The standard InChI is InChI=1S/C23H49N3O7S2/c1-7-22(2)23(27)24(14-12-18-25(3,4)16-8-10-20-34(28,29)30)15-13-19-26(5,6)17-9-11-21-35(31,32)33/h22H,7-21H2,1-6H3/p+2. The van der Waals surface area contributed by atoms with Gasteiger partial charge in [0.1, 0.15) is 0 Å². The molecule has 0 aromatic rings.